The summed E-state index contributed by atoms with van der Waals surface area (Å²) >= 11 is 0. The van der Waals surface area contributed by atoms with Crippen molar-refractivity contribution in [3.05, 3.63) is 30.1 Å². The van der Waals surface area contributed by atoms with Crippen molar-refractivity contribution in [1.82, 2.24) is 20.1 Å². The minimum atomic E-state index is -0.0665. The molecule has 1 aromatic heterocycles. The molecule has 1 amide bonds. The van der Waals surface area contributed by atoms with Gasteiger partial charge >= 0.3 is 0 Å². The van der Waals surface area contributed by atoms with Crippen molar-refractivity contribution in [2.75, 3.05) is 18.9 Å². The number of aromatic nitrogens is 3. The van der Waals surface area contributed by atoms with Crippen LogP contribution in [0.2, 0.25) is 0 Å². The van der Waals surface area contributed by atoms with E-state index in [0.717, 1.165) is 35.9 Å². The van der Waals surface area contributed by atoms with Crippen molar-refractivity contribution in [2.45, 2.75) is 32.7 Å². The lowest BCUT2D eigenvalue weighted by atomic mass is 10.1. The first-order valence-electron chi connectivity index (χ1n) is 8.17. The number of carbonyl (C=O) groups excluding carboxylic acids is 1. The van der Waals surface area contributed by atoms with Crippen molar-refractivity contribution >= 4 is 11.6 Å². The first-order valence-corrected chi connectivity index (χ1v) is 8.17. The van der Waals surface area contributed by atoms with Crippen LogP contribution in [0.3, 0.4) is 0 Å². The fraction of sp³-hybridized carbons (Fsp3) is 0.471. The Morgan fingerprint density at radius 3 is 2.78 bits per heavy atom. The van der Waals surface area contributed by atoms with Crippen LogP contribution in [0.5, 0.6) is 0 Å². The summed E-state index contributed by atoms with van der Waals surface area (Å²) in [5.74, 6) is 1.95. The van der Waals surface area contributed by atoms with Crippen molar-refractivity contribution in [3.63, 3.8) is 0 Å². The Bertz CT molecular complexity index is 677. The van der Waals surface area contributed by atoms with Crippen LogP contribution in [0.4, 0.5) is 5.69 Å². The molecule has 2 aromatic rings. The maximum atomic E-state index is 12.0. The Balaban J connectivity index is 1.72. The predicted octanol–water partition coefficient (Wildman–Crippen LogP) is 2.08. The van der Waals surface area contributed by atoms with E-state index in [9.17, 15) is 4.79 Å². The third-order valence-corrected chi connectivity index (χ3v) is 4.23. The van der Waals surface area contributed by atoms with Gasteiger partial charge in [-0.25, -0.2) is 0 Å². The van der Waals surface area contributed by atoms with Crippen LogP contribution in [0.15, 0.2) is 24.3 Å². The number of nitrogens with one attached hydrogen (secondary N) is 2. The Morgan fingerprint density at radius 2 is 2.04 bits per heavy atom. The summed E-state index contributed by atoms with van der Waals surface area (Å²) in [5, 5.41) is 14.6. The highest BCUT2D eigenvalue weighted by atomic mass is 16.1. The fourth-order valence-electron chi connectivity index (χ4n) is 2.89. The predicted molar refractivity (Wildman–Crippen MR) is 90.1 cm³/mol. The molecule has 0 aliphatic carbocycles. The monoisotopic (exact) mass is 313 g/mol. The molecule has 1 aliphatic heterocycles. The van der Waals surface area contributed by atoms with Gasteiger partial charge in [-0.05, 0) is 44.2 Å². The maximum absolute atomic E-state index is 12.0. The zero-order valence-corrected chi connectivity index (χ0v) is 13.7. The van der Waals surface area contributed by atoms with E-state index in [0.29, 0.717) is 6.54 Å². The molecule has 0 radical (unpaired) electrons. The summed E-state index contributed by atoms with van der Waals surface area (Å²) in [6.45, 7) is 3.55. The van der Waals surface area contributed by atoms with Crippen LogP contribution in [0, 0.1) is 5.92 Å². The van der Waals surface area contributed by atoms with Gasteiger partial charge in [-0.15, -0.1) is 10.2 Å². The van der Waals surface area contributed by atoms with E-state index < -0.39 is 0 Å². The molecule has 0 fully saturated rings. The van der Waals surface area contributed by atoms with Gasteiger partial charge in [0.1, 0.15) is 5.82 Å². The normalized spacial score (nSPS) is 15.0. The molecule has 1 aliphatic rings. The zero-order chi connectivity index (χ0) is 16.2. The van der Waals surface area contributed by atoms with Gasteiger partial charge < -0.3 is 15.2 Å². The van der Waals surface area contributed by atoms with Gasteiger partial charge in [0.25, 0.3) is 0 Å². The first-order chi connectivity index (χ1) is 11.2. The summed E-state index contributed by atoms with van der Waals surface area (Å²) < 4.78 is 2.20. The average Bonchev–Trinajstić information content (AvgIpc) is 3.00. The highest BCUT2D eigenvalue weighted by Crippen LogP contribution is 2.24. The summed E-state index contributed by atoms with van der Waals surface area (Å²) in [4.78, 5) is 12.0. The summed E-state index contributed by atoms with van der Waals surface area (Å²) in [6.07, 6.45) is 3.37. The number of nitrogens with zero attached hydrogens (tertiary/aromatic N) is 3. The van der Waals surface area contributed by atoms with E-state index in [4.69, 9.17) is 0 Å². The minimum absolute atomic E-state index is 0.0203. The molecule has 0 saturated heterocycles. The van der Waals surface area contributed by atoms with Gasteiger partial charge in [-0.2, -0.15) is 0 Å². The highest BCUT2D eigenvalue weighted by molar-refractivity contribution is 5.92. The molecule has 2 heterocycles. The molecule has 3 rings (SSSR count). The number of hydrogen-bond acceptors (Lipinski definition) is 4. The maximum Gasteiger partial charge on any atom is 0.228 e. The molecule has 1 atom stereocenters. The molecule has 0 saturated carbocycles. The zero-order valence-electron chi connectivity index (χ0n) is 13.7. The molecule has 0 bridgehead atoms. The average molecular weight is 313 g/mol. The van der Waals surface area contributed by atoms with E-state index in [1.165, 1.54) is 12.8 Å². The van der Waals surface area contributed by atoms with Gasteiger partial charge in [0.15, 0.2) is 5.82 Å². The number of hydrogen-bond donors (Lipinski definition) is 2. The SMILES string of the molecule is CNCC(C)C(=O)Nc1ccc(-c2nnc3n2CCCC3)cc1. The Hall–Kier alpha value is -2.21. The Kier molecular flexibility index (Phi) is 4.71. The molecule has 6 heteroatoms. The largest absolute Gasteiger partial charge is 0.326 e. The van der Waals surface area contributed by atoms with Gasteiger partial charge in [-0.3, -0.25) is 4.79 Å². The third-order valence-electron chi connectivity index (χ3n) is 4.23. The lowest BCUT2D eigenvalue weighted by Gasteiger charge is -2.15. The second-order valence-corrected chi connectivity index (χ2v) is 6.07. The second-order valence-electron chi connectivity index (χ2n) is 6.07. The third kappa shape index (κ3) is 3.42. The van der Waals surface area contributed by atoms with Crippen molar-refractivity contribution < 1.29 is 4.79 Å². The van der Waals surface area contributed by atoms with Crippen LogP contribution in [-0.4, -0.2) is 34.3 Å². The Labute approximate surface area is 136 Å². The molecular weight excluding hydrogens is 290 g/mol. The number of anilines is 1. The van der Waals surface area contributed by atoms with Gasteiger partial charge in [0.2, 0.25) is 5.91 Å². The molecule has 122 valence electrons. The van der Waals surface area contributed by atoms with Crippen LogP contribution in [-0.2, 0) is 17.8 Å². The molecule has 1 unspecified atom stereocenters. The van der Waals surface area contributed by atoms with Crippen molar-refractivity contribution in [3.8, 4) is 11.4 Å². The number of fused-ring (bicyclic) bond motifs is 1. The second kappa shape index (κ2) is 6.91. The number of amides is 1. The van der Waals surface area contributed by atoms with Crippen LogP contribution in [0.25, 0.3) is 11.4 Å². The number of aryl methyl sites for hydroxylation is 1. The van der Waals surface area contributed by atoms with E-state index in [2.05, 4.69) is 25.4 Å². The lowest BCUT2D eigenvalue weighted by molar-refractivity contribution is -0.119. The molecule has 2 N–H and O–H groups in total. The van der Waals surface area contributed by atoms with Gasteiger partial charge in [0.05, 0.1) is 0 Å². The van der Waals surface area contributed by atoms with Gasteiger partial charge in [0, 0.05) is 36.7 Å². The number of rotatable bonds is 5. The highest BCUT2D eigenvalue weighted by Gasteiger charge is 2.17. The van der Waals surface area contributed by atoms with Gasteiger partial charge in [-0.1, -0.05) is 6.92 Å². The Morgan fingerprint density at radius 1 is 1.26 bits per heavy atom. The molecule has 23 heavy (non-hydrogen) atoms. The lowest BCUT2D eigenvalue weighted by Crippen LogP contribution is -2.28. The number of carbonyl (C=O) groups is 1. The minimum Gasteiger partial charge on any atom is -0.326 e. The molecule has 1 aromatic carbocycles. The molecule has 6 nitrogen and oxygen atoms in total. The summed E-state index contributed by atoms with van der Waals surface area (Å²) in [5.41, 5.74) is 1.84. The standard InChI is InChI=1S/C17H23N5O/c1-12(11-18-2)17(23)19-14-8-6-13(7-9-14)16-21-20-15-5-3-4-10-22(15)16/h6-9,12,18H,3-5,10-11H2,1-2H3,(H,19,23). The van der Waals surface area contributed by atoms with Crippen LogP contribution >= 0.6 is 0 Å². The van der Waals surface area contributed by atoms with E-state index >= 15 is 0 Å². The fourth-order valence-corrected chi connectivity index (χ4v) is 2.89. The number of benzene rings is 1. The molecular formula is C17H23N5O. The summed E-state index contributed by atoms with van der Waals surface area (Å²) in [7, 11) is 1.85. The summed E-state index contributed by atoms with van der Waals surface area (Å²) in [6, 6.07) is 7.82. The molecule has 0 spiro atoms. The van der Waals surface area contributed by atoms with Crippen LogP contribution in [0.1, 0.15) is 25.6 Å². The topological polar surface area (TPSA) is 71.8 Å². The van der Waals surface area contributed by atoms with E-state index in [1.807, 2.05) is 38.2 Å². The smallest absolute Gasteiger partial charge is 0.228 e. The quantitative estimate of drug-likeness (QED) is 0.886. The van der Waals surface area contributed by atoms with Crippen LogP contribution < -0.4 is 10.6 Å². The van der Waals surface area contributed by atoms with Crippen molar-refractivity contribution in [1.29, 1.82) is 0 Å². The first kappa shape index (κ1) is 15.7. The van der Waals surface area contributed by atoms with E-state index in [1.54, 1.807) is 0 Å². The van der Waals surface area contributed by atoms with E-state index in [-0.39, 0.29) is 11.8 Å². The van der Waals surface area contributed by atoms with Crippen molar-refractivity contribution in [2.24, 2.45) is 5.92 Å².